The Morgan fingerprint density at radius 1 is 1.12 bits per heavy atom. The van der Waals surface area contributed by atoms with Crippen molar-refractivity contribution in [2.75, 3.05) is 0 Å². The Balaban J connectivity index is 1.63. The van der Waals surface area contributed by atoms with Crippen LogP contribution in [0, 0.1) is 0 Å². The predicted octanol–water partition coefficient (Wildman–Crippen LogP) is 4.71. The number of halogens is 1. The molecule has 3 aromatic rings. The Hall–Kier alpha value is -2.92. The van der Waals surface area contributed by atoms with E-state index < -0.39 is 5.97 Å². The van der Waals surface area contributed by atoms with Gasteiger partial charge in [0, 0.05) is 29.9 Å². The molecule has 0 saturated heterocycles. The van der Waals surface area contributed by atoms with Gasteiger partial charge in [-0.25, -0.2) is 9.78 Å². The van der Waals surface area contributed by atoms with Crippen molar-refractivity contribution in [1.29, 1.82) is 0 Å². The molecule has 0 spiro atoms. The number of benzene rings is 1. The molecule has 5 nitrogen and oxygen atoms in total. The number of hydrogen-bond acceptors (Lipinski definition) is 5. The van der Waals surface area contributed by atoms with Crippen molar-refractivity contribution in [3.05, 3.63) is 83.3 Å². The first-order valence-corrected chi connectivity index (χ1v) is 8.48. The molecule has 1 unspecified atom stereocenters. The highest BCUT2D eigenvalue weighted by Crippen LogP contribution is 2.22. The highest BCUT2D eigenvalue weighted by molar-refractivity contribution is 6.30. The summed E-state index contributed by atoms with van der Waals surface area (Å²) in [6.45, 7) is 1.83. The van der Waals surface area contributed by atoms with E-state index in [0.717, 1.165) is 5.56 Å². The Morgan fingerprint density at radius 3 is 2.65 bits per heavy atom. The minimum absolute atomic E-state index is 0.189. The number of nitrogens with zero attached hydrogens (tertiary/aromatic N) is 2. The summed E-state index contributed by atoms with van der Waals surface area (Å²) in [7, 11) is 0. The summed E-state index contributed by atoms with van der Waals surface area (Å²) in [5.74, 6) is 0.391. The molecule has 0 N–H and O–H groups in total. The van der Waals surface area contributed by atoms with Gasteiger partial charge in [0.15, 0.2) is 5.69 Å². The van der Waals surface area contributed by atoms with E-state index in [1.807, 2.05) is 19.1 Å². The molecule has 1 aromatic carbocycles. The first-order valence-electron chi connectivity index (χ1n) is 8.10. The fraction of sp³-hybridized carbons (Fsp3) is 0.150. The second-order valence-electron chi connectivity index (χ2n) is 5.70. The summed E-state index contributed by atoms with van der Waals surface area (Å²) >= 11 is 5.85. The molecule has 0 aliphatic rings. The Kier molecular flexibility index (Phi) is 5.81. The second-order valence-corrected chi connectivity index (χ2v) is 6.13. The molecule has 2 aromatic heterocycles. The lowest BCUT2D eigenvalue weighted by Gasteiger charge is -2.13. The largest absolute Gasteiger partial charge is 0.458 e. The molecule has 0 saturated carbocycles. The van der Waals surface area contributed by atoms with Crippen molar-refractivity contribution in [2.45, 2.75) is 19.4 Å². The van der Waals surface area contributed by atoms with E-state index >= 15 is 0 Å². The number of rotatable bonds is 6. The average molecular weight is 369 g/mol. The molecule has 132 valence electrons. The van der Waals surface area contributed by atoms with Crippen LogP contribution in [0.5, 0.6) is 11.6 Å². The van der Waals surface area contributed by atoms with Crippen molar-refractivity contribution in [1.82, 2.24) is 9.97 Å². The van der Waals surface area contributed by atoms with Gasteiger partial charge in [0.25, 0.3) is 0 Å². The SMILES string of the molecule is CC(Cc1cccnc1)OC(=O)c1cccc(Oc2ccc(Cl)cc2)n1. The zero-order chi connectivity index (χ0) is 18.4. The second kappa shape index (κ2) is 8.45. The number of esters is 1. The molecule has 2 heterocycles. The van der Waals surface area contributed by atoms with Crippen LogP contribution in [0.15, 0.2) is 67.0 Å². The van der Waals surface area contributed by atoms with Crippen molar-refractivity contribution in [3.8, 4) is 11.6 Å². The Morgan fingerprint density at radius 2 is 1.92 bits per heavy atom. The molecule has 26 heavy (non-hydrogen) atoms. The number of aromatic nitrogens is 2. The smallest absolute Gasteiger partial charge is 0.357 e. The van der Waals surface area contributed by atoms with Crippen molar-refractivity contribution in [3.63, 3.8) is 0 Å². The fourth-order valence-corrected chi connectivity index (χ4v) is 2.47. The van der Waals surface area contributed by atoms with Gasteiger partial charge in [0.2, 0.25) is 5.88 Å². The third-order valence-electron chi connectivity index (χ3n) is 3.52. The van der Waals surface area contributed by atoms with Gasteiger partial charge < -0.3 is 9.47 Å². The fourth-order valence-electron chi connectivity index (χ4n) is 2.34. The maximum atomic E-state index is 12.3. The number of ether oxygens (including phenoxy) is 2. The summed E-state index contributed by atoms with van der Waals surface area (Å²) in [5.41, 5.74) is 1.19. The summed E-state index contributed by atoms with van der Waals surface area (Å²) in [4.78, 5) is 20.6. The summed E-state index contributed by atoms with van der Waals surface area (Å²) < 4.78 is 11.1. The normalized spacial score (nSPS) is 11.6. The van der Waals surface area contributed by atoms with Crippen molar-refractivity contribution >= 4 is 17.6 Å². The van der Waals surface area contributed by atoms with Gasteiger partial charge in [0.05, 0.1) is 0 Å². The molecule has 6 heteroatoms. The number of carbonyl (C=O) groups excluding carboxylic acids is 1. The van der Waals surface area contributed by atoms with Gasteiger partial charge in [0.1, 0.15) is 11.9 Å². The molecule has 0 aliphatic heterocycles. The Bertz CT molecular complexity index is 870. The molecule has 0 radical (unpaired) electrons. The number of carbonyl (C=O) groups is 1. The molecule has 0 aliphatic carbocycles. The quantitative estimate of drug-likeness (QED) is 0.589. The van der Waals surface area contributed by atoms with E-state index in [2.05, 4.69) is 9.97 Å². The molecule has 3 rings (SSSR count). The number of hydrogen-bond donors (Lipinski definition) is 0. The predicted molar refractivity (Wildman–Crippen MR) is 98.6 cm³/mol. The zero-order valence-corrected chi connectivity index (χ0v) is 14.9. The van der Waals surface area contributed by atoms with Crippen LogP contribution < -0.4 is 4.74 Å². The maximum absolute atomic E-state index is 12.3. The van der Waals surface area contributed by atoms with E-state index in [1.54, 1.807) is 54.9 Å². The van der Waals surface area contributed by atoms with Crippen LogP contribution >= 0.6 is 11.6 Å². The van der Waals surface area contributed by atoms with Gasteiger partial charge in [-0.1, -0.05) is 23.7 Å². The zero-order valence-electron chi connectivity index (χ0n) is 14.1. The lowest BCUT2D eigenvalue weighted by atomic mass is 10.1. The van der Waals surface area contributed by atoms with Crippen LogP contribution in [0.25, 0.3) is 0 Å². The Labute approximate surface area is 156 Å². The minimum Gasteiger partial charge on any atom is -0.458 e. The average Bonchev–Trinajstić information content (AvgIpc) is 2.64. The highest BCUT2D eigenvalue weighted by Gasteiger charge is 2.15. The molecule has 0 amide bonds. The summed E-state index contributed by atoms with van der Waals surface area (Å²) in [6, 6.07) is 15.6. The first kappa shape index (κ1) is 17.9. The topological polar surface area (TPSA) is 61.3 Å². The number of pyridine rings is 2. The van der Waals surface area contributed by atoms with Gasteiger partial charge in [-0.2, -0.15) is 0 Å². The van der Waals surface area contributed by atoms with Crippen LogP contribution in [0.2, 0.25) is 5.02 Å². The third-order valence-corrected chi connectivity index (χ3v) is 3.77. The maximum Gasteiger partial charge on any atom is 0.357 e. The molecule has 1 atom stereocenters. The van der Waals surface area contributed by atoms with Gasteiger partial charge in [-0.3, -0.25) is 4.98 Å². The summed E-state index contributed by atoms with van der Waals surface area (Å²) in [6.07, 6.45) is 3.74. The third kappa shape index (κ3) is 5.04. The van der Waals surface area contributed by atoms with Gasteiger partial charge in [-0.15, -0.1) is 0 Å². The van der Waals surface area contributed by atoms with E-state index in [1.165, 1.54) is 0 Å². The van der Waals surface area contributed by atoms with E-state index in [9.17, 15) is 4.79 Å². The van der Waals surface area contributed by atoms with Crippen molar-refractivity contribution in [2.24, 2.45) is 0 Å². The van der Waals surface area contributed by atoms with Crippen LogP contribution in [-0.2, 0) is 11.2 Å². The molecule has 0 fully saturated rings. The molecular formula is C20H17ClN2O3. The minimum atomic E-state index is -0.497. The van der Waals surface area contributed by atoms with Gasteiger partial charge in [-0.05, 0) is 48.9 Å². The van der Waals surface area contributed by atoms with Crippen molar-refractivity contribution < 1.29 is 14.3 Å². The van der Waals surface area contributed by atoms with E-state index in [-0.39, 0.29) is 11.8 Å². The molecule has 0 bridgehead atoms. The highest BCUT2D eigenvalue weighted by atomic mass is 35.5. The van der Waals surface area contributed by atoms with Crippen LogP contribution in [0.3, 0.4) is 0 Å². The monoisotopic (exact) mass is 368 g/mol. The van der Waals surface area contributed by atoms with Crippen LogP contribution in [0.1, 0.15) is 23.0 Å². The standard InChI is InChI=1S/C20H17ClN2O3/c1-14(12-15-4-3-11-22-13-15)25-20(24)18-5-2-6-19(23-18)26-17-9-7-16(21)8-10-17/h2-11,13-14H,12H2,1H3. The first-order chi connectivity index (χ1) is 12.6. The molecular weight excluding hydrogens is 352 g/mol. The van der Waals surface area contributed by atoms with Gasteiger partial charge >= 0.3 is 5.97 Å². The van der Waals surface area contributed by atoms with E-state index in [4.69, 9.17) is 21.1 Å². The van der Waals surface area contributed by atoms with E-state index in [0.29, 0.717) is 23.1 Å². The van der Waals surface area contributed by atoms with Crippen LogP contribution in [0.4, 0.5) is 0 Å². The summed E-state index contributed by atoms with van der Waals surface area (Å²) in [5, 5.41) is 0.616. The lowest BCUT2D eigenvalue weighted by Crippen LogP contribution is -2.18. The van der Waals surface area contributed by atoms with Crippen LogP contribution in [-0.4, -0.2) is 22.0 Å². The lowest BCUT2D eigenvalue weighted by molar-refractivity contribution is 0.0335.